The van der Waals surface area contributed by atoms with E-state index in [-0.39, 0.29) is 17.1 Å². The molecule has 1 aromatic carbocycles. The number of aromatic nitrogens is 1. The van der Waals surface area contributed by atoms with Crippen LogP contribution in [0.4, 0.5) is 10.1 Å². The fourth-order valence-electron chi connectivity index (χ4n) is 1.61. The number of carbonyl (C=O) groups is 1. The summed E-state index contributed by atoms with van der Waals surface area (Å²) in [5.41, 5.74) is 0.471. The summed E-state index contributed by atoms with van der Waals surface area (Å²) < 4.78 is 18.7. The summed E-state index contributed by atoms with van der Waals surface area (Å²) in [6.45, 7) is 2.11. The van der Waals surface area contributed by atoms with Crippen molar-refractivity contribution < 1.29 is 19.0 Å². The third-order valence-corrected chi connectivity index (χ3v) is 2.48. The van der Waals surface area contributed by atoms with Crippen LogP contribution in [0.5, 0.6) is 11.5 Å². The third-order valence-electron chi connectivity index (χ3n) is 2.48. The topological polar surface area (TPSA) is 71.5 Å². The molecule has 0 saturated heterocycles. The first-order valence-electron chi connectivity index (χ1n) is 5.98. The number of hydrogen-bond donors (Lipinski definition) is 2. The third kappa shape index (κ3) is 3.23. The molecule has 0 aliphatic rings. The van der Waals surface area contributed by atoms with Gasteiger partial charge >= 0.3 is 0 Å². The molecular formula is C14H13FN2O3. The molecule has 0 radical (unpaired) electrons. The molecule has 0 spiro atoms. The number of pyridine rings is 1. The van der Waals surface area contributed by atoms with Crippen LogP contribution < -0.4 is 10.1 Å². The summed E-state index contributed by atoms with van der Waals surface area (Å²) in [5, 5.41) is 11.8. The van der Waals surface area contributed by atoms with Gasteiger partial charge in [0.2, 0.25) is 0 Å². The Morgan fingerprint density at radius 1 is 1.40 bits per heavy atom. The first kappa shape index (κ1) is 13.8. The van der Waals surface area contributed by atoms with E-state index in [2.05, 4.69) is 10.3 Å². The fourth-order valence-corrected chi connectivity index (χ4v) is 1.61. The van der Waals surface area contributed by atoms with Crippen LogP contribution >= 0.6 is 0 Å². The molecular weight excluding hydrogens is 263 g/mol. The van der Waals surface area contributed by atoms with Crippen LogP contribution in [-0.4, -0.2) is 22.6 Å². The Kier molecular flexibility index (Phi) is 4.14. The van der Waals surface area contributed by atoms with Crippen molar-refractivity contribution in [2.45, 2.75) is 6.92 Å². The number of ether oxygens (including phenoxy) is 1. The maximum Gasteiger partial charge on any atom is 0.257 e. The van der Waals surface area contributed by atoms with E-state index in [0.717, 1.165) is 0 Å². The van der Waals surface area contributed by atoms with Crippen molar-refractivity contribution >= 4 is 11.6 Å². The lowest BCUT2D eigenvalue weighted by molar-refractivity contribution is 0.102. The van der Waals surface area contributed by atoms with Crippen LogP contribution in [-0.2, 0) is 0 Å². The molecule has 20 heavy (non-hydrogen) atoms. The highest BCUT2D eigenvalue weighted by Gasteiger charge is 2.10. The molecule has 2 N–H and O–H groups in total. The number of anilines is 1. The van der Waals surface area contributed by atoms with Crippen LogP contribution in [0.3, 0.4) is 0 Å². The smallest absolute Gasteiger partial charge is 0.257 e. The van der Waals surface area contributed by atoms with Gasteiger partial charge in [-0.2, -0.15) is 0 Å². The van der Waals surface area contributed by atoms with Crippen molar-refractivity contribution in [3.63, 3.8) is 0 Å². The Balaban J connectivity index is 2.14. The molecule has 1 aromatic heterocycles. The van der Waals surface area contributed by atoms with E-state index in [1.54, 1.807) is 6.92 Å². The first-order valence-corrected chi connectivity index (χ1v) is 5.98. The number of aromatic hydroxyl groups is 1. The van der Waals surface area contributed by atoms with Gasteiger partial charge in [-0.3, -0.25) is 9.78 Å². The Labute approximate surface area is 115 Å². The molecule has 0 unspecified atom stereocenters. The second kappa shape index (κ2) is 6.01. The lowest BCUT2D eigenvalue weighted by atomic mass is 10.2. The van der Waals surface area contributed by atoms with Gasteiger partial charge in [0, 0.05) is 18.0 Å². The van der Waals surface area contributed by atoms with Crippen LogP contribution in [0, 0.1) is 5.82 Å². The molecule has 0 atom stereocenters. The molecule has 1 heterocycles. The van der Waals surface area contributed by atoms with Crippen molar-refractivity contribution in [2.24, 2.45) is 0 Å². The molecule has 0 saturated carbocycles. The van der Waals surface area contributed by atoms with Gasteiger partial charge in [-0.1, -0.05) is 0 Å². The van der Waals surface area contributed by atoms with E-state index in [9.17, 15) is 14.3 Å². The van der Waals surface area contributed by atoms with Gasteiger partial charge in [0.1, 0.15) is 5.75 Å². The van der Waals surface area contributed by atoms with Gasteiger partial charge in [0.05, 0.1) is 18.4 Å². The SMILES string of the molecule is CCOc1ccc(NC(=O)c2cncc(O)c2)cc1F. The number of halogens is 1. The second-order valence-electron chi connectivity index (χ2n) is 3.96. The normalized spacial score (nSPS) is 10.1. The minimum absolute atomic E-state index is 0.115. The second-order valence-corrected chi connectivity index (χ2v) is 3.96. The van der Waals surface area contributed by atoms with Crippen LogP contribution in [0.1, 0.15) is 17.3 Å². The molecule has 0 fully saturated rings. The lowest BCUT2D eigenvalue weighted by Gasteiger charge is -2.08. The number of nitrogens with zero attached hydrogens (tertiary/aromatic N) is 1. The number of amides is 1. The number of hydrogen-bond acceptors (Lipinski definition) is 4. The lowest BCUT2D eigenvalue weighted by Crippen LogP contribution is -2.12. The summed E-state index contributed by atoms with van der Waals surface area (Å²) in [6, 6.07) is 5.41. The van der Waals surface area contributed by atoms with Crippen LogP contribution in [0.2, 0.25) is 0 Å². The van der Waals surface area contributed by atoms with E-state index < -0.39 is 11.7 Å². The zero-order valence-electron chi connectivity index (χ0n) is 10.8. The van der Waals surface area contributed by atoms with Gasteiger partial charge in [0.15, 0.2) is 11.6 Å². The number of rotatable bonds is 4. The maximum atomic E-state index is 13.6. The van der Waals surface area contributed by atoms with Gasteiger partial charge < -0.3 is 15.2 Å². The van der Waals surface area contributed by atoms with Gasteiger partial charge in [-0.05, 0) is 25.1 Å². The predicted molar refractivity (Wildman–Crippen MR) is 71.4 cm³/mol. The van der Waals surface area contributed by atoms with E-state index in [1.165, 1.54) is 36.7 Å². The highest BCUT2D eigenvalue weighted by atomic mass is 19.1. The molecule has 0 bridgehead atoms. The molecule has 2 rings (SSSR count). The van der Waals surface area contributed by atoms with E-state index >= 15 is 0 Å². The van der Waals surface area contributed by atoms with Gasteiger partial charge in [-0.25, -0.2) is 4.39 Å². The molecule has 6 heteroatoms. The quantitative estimate of drug-likeness (QED) is 0.900. The molecule has 5 nitrogen and oxygen atoms in total. The number of benzene rings is 1. The summed E-state index contributed by atoms with van der Waals surface area (Å²) in [5.74, 6) is -1.03. The monoisotopic (exact) mass is 276 g/mol. The standard InChI is InChI=1S/C14H13FN2O3/c1-2-20-13-4-3-10(6-12(13)15)17-14(19)9-5-11(18)8-16-7-9/h3-8,18H,2H2,1H3,(H,17,19). The van der Waals surface area contributed by atoms with E-state index in [0.29, 0.717) is 12.3 Å². The average Bonchev–Trinajstić information content (AvgIpc) is 2.42. The Morgan fingerprint density at radius 3 is 2.85 bits per heavy atom. The Morgan fingerprint density at radius 2 is 2.20 bits per heavy atom. The van der Waals surface area contributed by atoms with Crippen molar-refractivity contribution in [1.29, 1.82) is 0 Å². The van der Waals surface area contributed by atoms with Crippen molar-refractivity contribution in [3.8, 4) is 11.5 Å². The average molecular weight is 276 g/mol. The van der Waals surface area contributed by atoms with Gasteiger partial charge in [0.25, 0.3) is 5.91 Å². The maximum absolute atomic E-state index is 13.6. The van der Waals surface area contributed by atoms with Crippen LogP contribution in [0.15, 0.2) is 36.7 Å². The molecule has 0 aliphatic heterocycles. The van der Waals surface area contributed by atoms with Crippen LogP contribution in [0.25, 0.3) is 0 Å². The predicted octanol–water partition coefficient (Wildman–Crippen LogP) is 2.58. The van der Waals surface area contributed by atoms with Crippen molar-refractivity contribution in [1.82, 2.24) is 4.98 Å². The number of nitrogens with one attached hydrogen (secondary N) is 1. The van der Waals surface area contributed by atoms with E-state index in [4.69, 9.17) is 4.74 Å². The zero-order chi connectivity index (χ0) is 14.5. The zero-order valence-corrected chi connectivity index (χ0v) is 10.8. The minimum atomic E-state index is -0.557. The molecule has 0 aliphatic carbocycles. The largest absolute Gasteiger partial charge is 0.506 e. The van der Waals surface area contributed by atoms with E-state index in [1.807, 2.05) is 0 Å². The summed E-state index contributed by atoms with van der Waals surface area (Å²) in [4.78, 5) is 15.6. The summed E-state index contributed by atoms with van der Waals surface area (Å²) in [6.07, 6.45) is 2.52. The minimum Gasteiger partial charge on any atom is -0.506 e. The highest BCUT2D eigenvalue weighted by Crippen LogP contribution is 2.21. The first-order chi connectivity index (χ1) is 9.60. The molecule has 104 valence electrons. The summed E-state index contributed by atoms with van der Waals surface area (Å²) >= 11 is 0. The van der Waals surface area contributed by atoms with Crippen molar-refractivity contribution in [3.05, 3.63) is 48.0 Å². The fraction of sp³-hybridized carbons (Fsp3) is 0.143. The summed E-state index contributed by atoms with van der Waals surface area (Å²) in [7, 11) is 0. The Bertz CT molecular complexity index is 632. The molecule has 2 aromatic rings. The number of carbonyl (C=O) groups excluding carboxylic acids is 1. The van der Waals surface area contributed by atoms with Gasteiger partial charge in [-0.15, -0.1) is 0 Å². The highest BCUT2D eigenvalue weighted by molar-refractivity contribution is 6.04. The Hall–Kier alpha value is -2.63. The molecule has 1 amide bonds. The van der Waals surface area contributed by atoms with Crippen molar-refractivity contribution in [2.75, 3.05) is 11.9 Å².